The van der Waals surface area contributed by atoms with Crippen molar-refractivity contribution in [2.45, 2.75) is 37.1 Å². The maximum atomic E-state index is 13.2. The molecule has 0 radical (unpaired) electrons. The average molecular weight is 552 g/mol. The Labute approximate surface area is 226 Å². The fraction of sp³-hybridized carbons (Fsp3) is 0.296. The number of nitriles is 1. The number of halogens is 4. The fourth-order valence-electron chi connectivity index (χ4n) is 5.16. The highest BCUT2D eigenvalue weighted by Gasteiger charge is 2.65. The number of benzene rings is 2. The van der Waals surface area contributed by atoms with E-state index < -0.39 is 11.8 Å². The second-order valence-corrected chi connectivity index (χ2v) is 9.58. The number of alkyl halides is 3. The molecule has 1 N–H and O–H groups in total. The van der Waals surface area contributed by atoms with E-state index in [-0.39, 0.29) is 29.4 Å². The summed E-state index contributed by atoms with van der Waals surface area (Å²) in [5.41, 5.74) is 0.619. The number of likely N-dealkylation sites (tertiary alicyclic amines) is 1. The summed E-state index contributed by atoms with van der Waals surface area (Å²) in [6.07, 6.45) is 2.37. The third-order valence-corrected chi connectivity index (χ3v) is 7.32. The van der Waals surface area contributed by atoms with Crippen molar-refractivity contribution < 1.29 is 13.2 Å². The molecule has 198 valence electrons. The second-order valence-electron chi connectivity index (χ2n) is 9.58. The Hall–Kier alpha value is -4.19. The van der Waals surface area contributed by atoms with E-state index in [9.17, 15) is 23.2 Å². The molecule has 1 fully saturated rings. The minimum atomic E-state index is -4.54. The summed E-state index contributed by atoms with van der Waals surface area (Å²) in [6, 6.07) is 13.5. The highest BCUT2D eigenvalue weighted by molar-refractivity contribution is 5.85. The van der Waals surface area contributed by atoms with Crippen molar-refractivity contribution in [1.82, 2.24) is 19.5 Å². The molecule has 1 saturated heterocycles. The molecule has 2 aliphatic heterocycles. The van der Waals surface area contributed by atoms with Gasteiger partial charge < -0.3 is 4.98 Å². The molecule has 0 atom stereocenters. The van der Waals surface area contributed by atoms with E-state index >= 15 is 0 Å². The first-order valence-electron chi connectivity index (χ1n) is 12.0. The molecule has 4 aromatic rings. The lowest BCUT2D eigenvalue weighted by Gasteiger charge is -2.31. The monoisotopic (exact) mass is 551 g/mol. The van der Waals surface area contributed by atoms with Gasteiger partial charge in [0, 0.05) is 23.6 Å². The molecule has 0 saturated carbocycles. The third-order valence-electron chi connectivity index (χ3n) is 7.32. The van der Waals surface area contributed by atoms with Gasteiger partial charge in [-0.25, -0.2) is 0 Å². The minimum Gasteiger partial charge on any atom is -0.338 e. The Morgan fingerprint density at radius 2 is 1.82 bits per heavy atom. The number of nitrogens with zero attached hydrogens (tertiary/aromatic N) is 6. The Morgan fingerprint density at radius 3 is 2.41 bits per heavy atom. The van der Waals surface area contributed by atoms with E-state index in [4.69, 9.17) is 6.42 Å². The quantitative estimate of drug-likeness (QED) is 0.360. The Morgan fingerprint density at radius 1 is 1.13 bits per heavy atom. The molecule has 0 aliphatic carbocycles. The van der Waals surface area contributed by atoms with E-state index in [1.54, 1.807) is 30.3 Å². The smallest absolute Gasteiger partial charge is 0.338 e. The molecule has 2 aliphatic rings. The van der Waals surface area contributed by atoms with Crippen molar-refractivity contribution in [2.75, 3.05) is 13.1 Å². The first-order chi connectivity index (χ1) is 18.2. The predicted molar refractivity (Wildman–Crippen MR) is 139 cm³/mol. The summed E-state index contributed by atoms with van der Waals surface area (Å²) < 4.78 is 40.9. The van der Waals surface area contributed by atoms with Crippen molar-refractivity contribution in [2.24, 2.45) is 10.2 Å². The van der Waals surface area contributed by atoms with Crippen LogP contribution < -0.4 is 5.56 Å². The third kappa shape index (κ3) is 4.34. The molecule has 2 aromatic heterocycles. The van der Waals surface area contributed by atoms with Gasteiger partial charge in [-0.1, -0.05) is 30.2 Å². The van der Waals surface area contributed by atoms with E-state index in [1.807, 2.05) is 0 Å². The van der Waals surface area contributed by atoms with Crippen molar-refractivity contribution in [3.05, 3.63) is 80.8 Å². The number of fused-ring (bicyclic) bond motifs is 2. The second kappa shape index (κ2) is 9.53. The van der Waals surface area contributed by atoms with Crippen molar-refractivity contribution in [3.63, 3.8) is 0 Å². The summed E-state index contributed by atoms with van der Waals surface area (Å²) in [7, 11) is 0. The SMILES string of the molecule is C#Cc1ccc2[nH]c3c(C#N)c(C4CCN(Cc5ccc(C6(C(F)(F)F)N=N6)cc5)CC4)nn3c(=O)c2c1.Cl. The molecular formula is C27H21ClF3N7O. The van der Waals surface area contributed by atoms with Crippen LogP contribution in [-0.4, -0.2) is 38.8 Å². The molecule has 0 unspecified atom stereocenters. The highest BCUT2D eigenvalue weighted by Crippen LogP contribution is 2.52. The van der Waals surface area contributed by atoms with Gasteiger partial charge in [-0.3, -0.25) is 9.69 Å². The summed E-state index contributed by atoms with van der Waals surface area (Å²) in [4.78, 5) is 18.5. The lowest BCUT2D eigenvalue weighted by molar-refractivity contribution is -0.166. The Kier molecular flexibility index (Phi) is 6.45. The normalized spacial score (nSPS) is 17.1. The molecule has 2 aromatic carbocycles. The molecule has 4 heterocycles. The van der Waals surface area contributed by atoms with Gasteiger partial charge in [0.2, 0.25) is 0 Å². The molecular weight excluding hydrogens is 531 g/mol. The van der Waals surface area contributed by atoms with Crippen LogP contribution in [0.25, 0.3) is 16.6 Å². The lowest BCUT2D eigenvalue weighted by atomic mass is 9.91. The number of hydrogen-bond acceptors (Lipinski definition) is 6. The fourth-order valence-corrected chi connectivity index (χ4v) is 5.16. The maximum Gasteiger partial charge on any atom is 0.442 e. The molecule has 0 bridgehead atoms. The molecule has 0 spiro atoms. The van der Waals surface area contributed by atoms with Crippen molar-refractivity contribution >= 4 is 29.0 Å². The zero-order chi connectivity index (χ0) is 26.7. The van der Waals surface area contributed by atoms with Crippen LogP contribution in [0.3, 0.4) is 0 Å². The van der Waals surface area contributed by atoms with Crippen LogP contribution in [0.4, 0.5) is 13.2 Å². The summed E-state index contributed by atoms with van der Waals surface area (Å²) in [5, 5.41) is 21.4. The first-order valence-corrected chi connectivity index (χ1v) is 12.0. The number of H-pyrrole nitrogens is 1. The molecule has 39 heavy (non-hydrogen) atoms. The summed E-state index contributed by atoms with van der Waals surface area (Å²) >= 11 is 0. The maximum absolute atomic E-state index is 13.2. The topological polar surface area (TPSA) is 102 Å². The van der Waals surface area contributed by atoms with Crippen LogP contribution in [0, 0.1) is 23.7 Å². The Bertz CT molecular complexity index is 1750. The molecule has 6 rings (SSSR count). The van der Waals surface area contributed by atoms with E-state index in [0.29, 0.717) is 53.0 Å². The number of aromatic nitrogens is 3. The summed E-state index contributed by atoms with van der Waals surface area (Å²) in [6.45, 7) is 2.01. The van der Waals surface area contributed by atoms with Crippen LogP contribution in [0.2, 0.25) is 0 Å². The van der Waals surface area contributed by atoms with E-state index in [1.165, 1.54) is 16.6 Å². The molecule has 0 amide bonds. The van der Waals surface area contributed by atoms with Gasteiger partial charge in [0.15, 0.2) is 5.65 Å². The van der Waals surface area contributed by atoms with Crippen LogP contribution in [0.5, 0.6) is 0 Å². The number of piperidine rings is 1. The molecule has 12 heteroatoms. The zero-order valence-corrected chi connectivity index (χ0v) is 21.2. The van der Waals surface area contributed by atoms with Gasteiger partial charge in [-0.05, 0) is 49.7 Å². The van der Waals surface area contributed by atoms with E-state index in [0.717, 1.165) is 18.4 Å². The number of hydrogen-bond donors (Lipinski definition) is 1. The van der Waals surface area contributed by atoms with Gasteiger partial charge in [-0.15, -0.1) is 29.1 Å². The zero-order valence-electron chi connectivity index (χ0n) is 20.4. The number of aromatic amines is 1. The number of nitrogens with one attached hydrogen (secondary N) is 1. The minimum absolute atomic E-state index is 0. The van der Waals surface area contributed by atoms with Gasteiger partial charge in [0.05, 0.1) is 16.6 Å². The lowest BCUT2D eigenvalue weighted by Crippen LogP contribution is -2.33. The van der Waals surface area contributed by atoms with Crippen LogP contribution in [-0.2, 0) is 12.2 Å². The molecule has 8 nitrogen and oxygen atoms in total. The van der Waals surface area contributed by atoms with Crippen LogP contribution in [0.15, 0.2) is 57.5 Å². The largest absolute Gasteiger partial charge is 0.442 e. The van der Waals surface area contributed by atoms with Crippen LogP contribution in [0.1, 0.15) is 46.7 Å². The average Bonchev–Trinajstić information content (AvgIpc) is 3.66. The standard InChI is InChI=1S/C27H20F3N7O.ClH/c1-2-16-5-8-22-20(13-16)25(38)37-24(32-22)21(14-31)23(33-37)18-9-11-36(12-10-18)15-17-3-6-19(7-4-17)26(34-35-26)27(28,29)30;/h1,3-8,13,18,32H,9-12,15H2;1H. The van der Waals surface area contributed by atoms with Gasteiger partial charge >= 0.3 is 11.8 Å². The number of rotatable bonds is 4. The number of terminal acetylenes is 1. The van der Waals surface area contributed by atoms with Crippen molar-refractivity contribution in [3.8, 4) is 18.4 Å². The Balaban J connectivity index is 0.00000308. The van der Waals surface area contributed by atoms with Crippen LogP contribution >= 0.6 is 12.4 Å². The van der Waals surface area contributed by atoms with Crippen molar-refractivity contribution in [1.29, 1.82) is 5.26 Å². The highest BCUT2D eigenvalue weighted by atomic mass is 35.5. The van der Waals surface area contributed by atoms with E-state index in [2.05, 4.69) is 37.2 Å². The first kappa shape index (κ1) is 26.4. The predicted octanol–water partition coefficient (Wildman–Crippen LogP) is 5.01. The summed E-state index contributed by atoms with van der Waals surface area (Å²) in [5.74, 6) is 2.51. The van der Waals surface area contributed by atoms with Gasteiger partial charge in [-0.2, -0.15) is 28.0 Å². The van der Waals surface area contributed by atoms with Gasteiger partial charge in [0.1, 0.15) is 11.6 Å². The van der Waals surface area contributed by atoms with Gasteiger partial charge in [0.25, 0.3) is 5.56 Å².